The first kappa shape index (κ1) is 14.4. The van der Waals surface area contributed by atoms with Gasteiger partial charge in [-0.3, -0.25) is 4.79 Å². The molecule has 1 aromatic carbocycles. The molecule has 5 heteroatoms. The fourth-order valence-electron chi connectivity index (χ4n) is 1.86. The average Bonchev–Trinajstić information content (AvgIpc) is 2.98. The van der Waals surface area contributed by atoms with Gasteiger partial charge in [0.2, 0.25) is 5.91 Å². The molecule has 0 atom stereocenters. The molecule has 0 fully saturated rings. The molecule has 0 unspecified atom stereocenters. The molecule has 0 N–H and O–H groups in total. The zero-order chi connectivity index (χ0) is 14.5. The van der Waals surface area contributed by atoms with Crippen LogP contribution in [0.5, 0.6) is 11.5 Å². The fraction of sp³-hybridized carbons (Fsp3) is 0.267. The number of carbonyl (C=O) groups excluding carboxylic acids is 1. The molecule has 0 saturated carbocycles. The highest BCUT2D eigenvalue weighted by Crippen LogP contribution is 2.31. The van der Waals surface area contributed by atoms with Gasteiger partial charge in [0.25, 0.3) is 0 Å². The van der Waals surface area contributed by atoms with Gasteiger partial charge < -0.3 is 14.4 Å². The van der Waals surface area contributed by atoms with Gasteiger partial charge in [-0.15, -0.1) is 11.3 Å². The highest BCUT2D eigenvalue weighted by Gasteiger charge is 2.14. The minimum Gasteiger partial charge on any atom is -0.493 e. The van der Waals surface area contributed by atoms with Gasteiger partial charge in [-0.1, -0.05) is 6.07 Å². The van der Waals surface area contributed by atoms with Crippen LogP contribution in [0.15, 0.2) is 35.7 Å². The second-order valence-electron chi connectivity index (χ2n) is 4.25. The van der Waals surface area contributed by atoms with Crippen molar-refractivity contribution in [2.45, 2.75) is 6.42 Å². The maximum absolute atomic E-state index is 12.2. The molecule has 0 radical (unpaired) electrons. The molecule has 0 aliphatic heterocycles. The molecule has 2 aromatic rings. The van der Waals surface area contributed by atoms with E-state index < -0.39 is 0 Å². The third-order valence-electron chi connectivity index (χ3n) is 3.03. The molecule has 1 amide bonds. The molecule has 2 rings (SSSR count). The lowest BCUT2D eigenvalue weighted by molar-refractivity contribution is -0.117. The number of likely N-dealkylation sites (N-methyl/N-ethyl adjacent to an activating group) is 1. The summed E-state index contributed by atoms with van der Waals surface area (Å²) in [4.78, 5) is 14.9. The maximum atomic E-state index is 12.2. The largest absolute Gasteiger partial charge is 0.493 e. The summed E-state index contributed by atoms with van der Waals surface area (Å²) in [6, 6.07) is 9.34. The standard InChI is InChI=1S/C15H17NO3S/c1-16(15(17)10-12-5-4-8-20-12)11-6-7-13(18-2)14(9-11)19-3/h4-9H,10H2,1-3H3. The number of ether oxygens (including phenoxy) is 2. The number of thiophene rings is 1. The van der Waals surface area contributed by atoms with Crippen LogP contribution in [0.4, 0.5) is 5.69 Å². The van der Waals surface area contributed by atoms with Crippen molar-refractivity contribution in [1.29, 1.82) is 0 Å². The van der Waals surface area contributed by atoms with Crippen LogP contribution >= 0.6 is 11.3 Å². The topological polar surface area (TPSA) is 38.8 Å². The number of hydrogen-bond acceptors (Lipinski definition) is 4. The molecule has 0 spiro atoms. The van der Waals surface area contributed by atoms with Crippen molar-refractivity contribution >= 4 is 22.9 Å². The number of nitrogens with zero attached hydrogens (tertiary/aromatic N) is 1. The van der Waals surface area contributed by atoms with Crippen molar-refractivity contribution in [2.24, 2.45) is 0 Å². The van der Waals surface area contributed by atoms with Gasteiger partial charge >= 0.3 is 0 Å². The lowest BCUT2D eigenvalue weighted by Gasteiger charge is -2.18. The summed E-state index contributed by atoms with van der Waals surface area (Å²) in [6.45, 7) is 0. The monoisotopic (exact) mass is 291 g/mol. The van der Waals surface area contributed by atoms with Gasteiger partial charge in [0.1, 0.15) is 0 Å². The Kier molecular flexibility index (Phi) is 4.63. The highest BCUT2D eigenvalue weighted by atomic mass is 32.1. The molecule has 1 heterocycles. The number of carbonyl (C=O) groups is 1. The van der Waals surface area contributed by atoms with Crippen LogP contribution < -0.4 is 14.4 Å². The number of rotatable bonds is 5. The van der Waals surface area contributed by atoms with Crippen LogP contribution in [0.2, 0.25) is 0 Å². The number of hydrogen-bond donors (Lipinski definition) is 0. The molecule has 0 aliphatic rings. The second kappa shape index (κ2) is 6.43. The molecule has 20 heavy (non-hydrogen) atoms. The summed E-state index contributed by atoms with van der Waals surface area (Å²) in [5.41, 5.74) is 0.782. The van der Waals surface area contributed by atoms with Crippen LogP contribution in [-0.4, -0.2) is 27.2 Å². The van der Waals surface area contributed by atoms with Gasteiger partial charge in [0, 0.05) is 23.7 Å². The van der Waals surface area contributed by atoms with Crippen molar-refractivity contribution in [3.8, 4) is 11.5 Å². The van der Waals surface area contributed by atoms with E-state index >= 15 is 0 Å². The third kappa shape index (κ3) is 3.11. The van der Waals surface area contributed by atoms with Crippen LogP contribution in [0, 0.1) is 0 Å². The Labute approximate surface area is 122 Å². The first-order chi connectivity index (χ1) is 9.65. The van der Waals surface area contributed by atoms with Crippen molar-refractivity contribution in [2.75, 3.05) is 26.2 Å². The molecule has 0 bridgehead atoms. The van der Waals surface area contributed by atoms with Gasteiger partial charge in [0.05, 0.1) is 20.6 Å². The summed E-state index contributed by atoms with van der Waals surface area (Å²) in [6.07, 6.45) is 0.405. The molecule has 0 aliphatic carbocycles. The molecule has 106 valence electrons. The molecule has 0 saturated heterocycles. The number of benzene rings is 1. The average molecular weight is 291 g/mol. The van der Waals surface area contributed by atoms with E-state index in [4.69, 9.17) is 9.47 Å². The van der Waals surface area contributed by atoms with E-state index in [0.717, 1.165) is 10.6 Å². The Balaban J connectivity index is 2.15. The van der Waals surface area contributed by atoms with Crippen molar-refractivity contribution in [3.63, 3.8) is 0 Å². The van der Waals surface area contributed by atoms with Gasteiger partial charge in [-0.25, -0.2) is 0 Å². The minimum atomic E-state index is 0.0414. The van der Waals surface area contributed by atoms with Crippen LogP contribution in [0.25, 0.3) is 0 Å². The zero-order valence-electron chi connectivity index (χ0n) is 11.8. The van der Waals surface area contributed by atoms with E-state index in [1.54, 1.807) is 49.6 Å². The number of anilines is 1. The Morgan fingerprint density at radius 1 is 1.20 bits per heavy atom. The number of methoxy groups -OCH3 is 2. The summed E-state index contributed by atoms with van der Waals surface area (Å²) in [5, 5.41) is 1.97. The molecule has 1 aromatic heterocycles. The van der Waals surface area contributed by atoms with E-state index in [9.17, 15) is 4.79 Å². The molecule has 4 nitrogen and oxygen atoms in total. The summed E-state index contributed by atoms with van der Waals surface area (Å²) >= 11 is 1.59. The van der Waals surface area contributed by atoms with E-state index in [1.807, 2.05) is 23.6 Å². The Bertz CT molecular complexity index is 581. The fourth-order valence-corrected chi connectivity index (χ4v) is 2.55. The SMILES string of the molecule is COc1ccc(N(C)C(=O)Cc2cccs2)cc1OC. The van der Waals surface area contributed by atoms with Crippen molar-refractivity contribution < 1.29 is 14.3 Å². The predicted molar refractivity (Wildman–Crippen MR) is 81.0 cm³/mol. The van der Waals surface area contributed by atoms with Crippen LogP contribution in [0.3, 0.4) is 0 Å². The smallest absolute Gasteiger partial charge is 0.231 e. The van der Waals surface area contributed by atoms with Crippen LogP contribution in [0.1, 0.15) is 4.88 Å². The Morgan fingerprint density at radius 3 is 2.55 bits per heavy atom. The van der Waals surface area contributed by atoms with Crippen molar-refractivity contribution in [1.82, 2.24) is 0 Å². The first-order valence-electron chi connectivity index (χ1n) is 6.16. The lowest BCUT2D eigenvalue weighted by atomic mass is 10.2. The Hall–Kier alpha value is -2.01. The first-order valence-corrected chi connectivity index (χ1v) is 7.04. The molecular weight excluding hydrogens is 274 g/mol. The summed E-state index contributed by atoms with van der Waals surface area (Å²) in [7, 11) is 4.93. The third-order valence-corrected chi connectivity index (χ3v) is 3.91. The van der Waals surface area contributed by atoms with E-state index in [2.05, 4.69) is 0 Å². The van der Waals surface area contributed by atoms with Gasteiger partial charge in [-0.2, -0.15) is 0 Å². The van der Waals surface area contributed by atoms with Gasteiger partial charge in [-0.05, 0) is 23.6 Å². The van der Waals surface area contributed by atoms with Crippen molar-refractivity contribution in [3.05, 3.63) is 40.6 Å². The van der Waals surface area contributed by atoms with Gasteiger partial charge in [0.15, 0.2) is 11.5 Å². The predicted octanol–water partition coefficient (Wildman–Crippen LogP) is 2.97. The zero-order valence-corrected chi connectivity index (χ0v) is 12.6. The lowest BCUT2D eigenvalue weighted by Crippen LogP contribution is -2.27. The second-order valence-corrected chi connectivity index (χ2v) is 5.28. The summed E-state index contributed by atoms with van der Waals surface area (Å²) in [5.74, 6) is 1.30. The molecular formula is C15H17NO3S. The summed E-state index contributed by atoms with van der Waals surface area (Å²) < 4.78 is 10.4. The maximum Gasteiger partial charge on any atom is 0.231 e. The quantitative estimate of drug-likeness (QED) is 0.850. The highest BCUT2D eigenvalue weighted by molar-refractivity contribution is 7.10. The normalized spacial score (nSPS) is 10.2. The van der Waals surface area contributed by atoms with E-state index in [-0.39, 0.29) is 5.91 Å². The minimum absolute atomic E-state index is 0.0414. The van der Waals surface area contributed by atoms with E-state index in [1.165, 1.54) is 0 Å². The van der Waals surface area contributed by atoms with Crippen LogP contribution in [-0.2, 0) is 11.2 Å². The number of amides is 1. The Morgan fingerprint density at radius 2 is 1.95 bits per heavy atom. The van der Waals surface area contributed by atoms with E-state index in [0.29, 0.717) is 17.9 Å².